The molecule has 2 aromatic rings. The number of piperidine rings is 3. The average Bonchev–Trinajstić information content (AvgIpc) is 3.01. The van der Waals surface area contributed by atoms with Crippen LogP contribution in [0.4, 0.5) is 24.7 Å². The molecule has 3 aliphatic heterocycles. The highest BCUT2D eigenvalue weighted by Gasteiger charge is 2.35. The Labute approximate surface area is 245 Å². The molecular weight excluding hydrogens is 541 g/mol. The first kappa shape index (κ1) is 29.9. The first-order chi connectivity index (χ1) is 20.3. The number of anilines is 2. The maximum Gasteiger partial charge on any atom is 0.417 e. The number of carbonyl (C=O) groups excluding carboxylic acids is 1. The van der Waals surface area contributed by atoms with Crippen LogP contribution in [0.5, 0.6) is 0 Å². The van der Waals surface area contributed by atoms with E-state index in [0.29, 0.717) is 43.4 Å². The topological polar surface area (TPSA) is 84.3 Å². The molecule has 42 heavy (non-hydrogen) atoms. The standard InChI is InChI=1S/C32H37F3N6O/c33-32(34,35)29-19-28(5-4-27(29)20-36)41-17-11-26(12-18-41)31(42)39-30-6-3-24(21-38-30)2-1-23-9-15-40(16-10-23)22-25-7-13-37-14-8-25/h3-6,19,21,23,25-26,37H,7-18,22H2,(H,38,39,42). The molecule has 5 rings (SSSR count). The summed E-state index contributed by atoms with van der Waals surface area (Å²) in [7, 11) is 0. The number of nitriles is 1. The first-order valence-corrected chi connectivity index (χ1v) is 14.9. The number of hydrogen-bond donors (Lipinski definition) is 2. The highest BCUT2D eigenvalue weighted by Crippen LogP contribution is 2.35. The second-order valence-electron chi connectivity index (χ2n) is 11.6. The van der Waals surface area contributed by atoms with Crippen LogP contribution in [0, 0.1) is 40.9 Å². The summed E-state index contributed by atoms with van der Waals surface area (Å²) in [6.07, 6.45) is 2.83. The lowest BCUT2D eigenvalue weighted by Crippen LogP contribution is -2.40. The maximum absolute atomic E-state index is 13.4. The van der Waals surface area contributed by atoms with E-state index in [0.717, 1.165) is 56.6 Å². The summed E-state index contributed by atoms with van der Waals surface area (Å²) >= 11 is 0. The number of nitrogens with zero attached hydrogens (tertiary/aromatic N) is 4. The van der Waals surface area contributed by atoms with Crippen molar-refractivity contribution in [1.29, 1.82) is 5.26 Å². The summed E-state index contributed by atoms with van der Waals surface area (Å²) in [5.74, 6) is 7.92. The molecule has 0 unspecified atom stereocenters. The molecule has 1 aromatic carbocycles. The van der Waals surface area contributed by atoms with Gasteiger partial charge in [-0.15, -0.1) is 0 Å². The molecule has 0 saturated carbocycles. The number of alkyl halides is 3. The lowest BCUT2D eigenvalue weighted by atomic mass is 9.93. The van der Waals surface area contributed by atoms with Crippen LogP contribution >= 0.6 is 0 Å². The van der Waals surface area contributed by atoms with Crippen molar-refractivity contribution < 1.29 is 18.0 Å². The molecule has 3 fully saturated rings. The van der Waals surface area contributed by atoms with E-state index >= 15 is 0 Å². The van der Waals surface area contributed by atoms with Crippen LogP contribution in [0.25, 0.3) is 0 Å². The molecule has 0 spiro atoms. The van der Waals surface area contributed by atoms with Gasteiger partial charge >= 0.3 is 6.18 Å². The van der Waals surface area contributed by atoms with Crippen molar-refractivity contribution in [3.8, 4) is 17.9 Å². The molecule has 3 saturated heterocycles. The van der Waals surface area contributed by atoms with E-state index in [1.165, 1.54) is 31.5 Å². The molecule has 222 valence electrons. The predicted octanol–water partition coefficient (Wildman–Crippen LogP) is 4.89. The van der Waals surface area contributed by atoms with Crippen LogP contribution in [0.3, 0.4) is 0 Å². The Morgan fingerprint density at radius 1 is 1.02 bits per heavy atom. The minimum atomic E-state index is -4.60. The van der Waals surface area contributed by atoms with Crippen LogP contribution in [0.2, 0.25) is 0 Å². The minimum absolute atomic E-state index is 0.145. The van der Waals surface area contributed by atoms with E-state index < -0.39 is 17.3 Å². The van der Waals surface area contributed by atoms with Crippen LogP contribution in [0.15, 0.2) is 36.5 Å². The maximum atomic E-state index is 13.4. The van der Waals surface area contributed by atoms with Crippen molar-refractivity contribution in [2.75, 3.05) is 56.0 Å². The number of likely N-dealkylation sites (tertiary alicyclic amines) is 1. The van der Waals surface area contributed by atoms with Gasteiger partial charge in [-0.25, -0.2) is 4.98 Å². The quantitative estimate of drug-likeness (QED) is 0.492. The minimum Gasteiger partial charge on any atom is -0.371 e. The molecule has 0 bridgehead atoms. The number of pyridine rings is 1. The lowest BCUT2D eigenvalue weighted by molar-refractivity contribution is -0.137. The Bertz CT molecular complexity index is 1320. The number of halogens is 3. The number of rotatable bonds is 5. The van der Waals surface area contributed by atoms with Gasteiger partial charge < -0.3 is 20.4 Å². The Morgan fingerprint density at radius 3 is 2.40 bits per heavy atom. The highest BCUT2D eigenvalue weighted by atomic mass is 19.4. The molecule has 0 radical (unpaired) electrons. The summed E-state index contributed by atoms with van der Waals surface area (Å²) in [4.78, 5) is 21.6. The highest BCUT2D eigenvalue weighted by molar-refractivity contribution is 5.91. The second kappa shape index (κ2) is 13.6. The van der Waals surface area contributed by atoms with Crippen LogP contribution in [0.1, 0.15) is 55.2 Å². The van der Waals surface area contributed by atoms with Gasteiger partial charge in [0.15, 0.2) is 0 Å². The fourth-order valence-electron chi connectivity index (χ4n) is 6.11. The van der Waals surface area contributed by atoms with Crippen molar-refractivity contribution in [3.05, 3.63) is 53.2 Å². The predicted molar refractivity (Wildman–Crippen MR) is 156 cm³/mol. The zero-order valence-electron chi connectivity index (χ0n) is 23.7. The number of hydrogen-bond acceptors (Lipinski definition) is 6. The number of carbonyl (C=O) groups is 1. The van der Waals surface area contributed by atoms with E-state index in [1.54, 1.807) is 18.3 Å². The molecule has 1 aromatic heterocycles. The molecule has 10 heteroatoms. The SMILES string of the molecule is N#Cc1ccc(N2CCC(C(=O)Nc3ccc(C#CC4CCN(CC5CCNCC5)CC4)cn3)CC2)cc1C(F)(F)F. The average molecular weight is 579 g/mol. The van der Waals surface area contributed by atoms with E-state index in [2.05, 4.69) is 32.4 Å². The summed E-state index contributed by atoms with van der Waals surface area (Å²) in [5, 5.41) is 15.3. The van der Waals surface area contributed by atoms with E-state index in [-0.39, 0.29) is 11.8 Å². The number of nitrogens with one attached hydrogen (secondary N) is 2. The molecule has 3 aliphatic rings. The summed E-state index contributed by atoms with van der Waals surface area (Å²) in [6, 6.07) is 8.99. The number of aromatic nitrogens is 1. The molecule has 0 aliphatic carbocycles. The van der Waals surface area contributed by atoms with Crippen LogP contribution in [-0.4, -0.2) is 61.6 Å². The third-order valence-corrected chi connectivity index (χ3v) is 8.66. The molecule has 0 atom stereocenters. The summed E-state index contributed by atoms with van der Waals surface area (Å²) < 4.78 is 40.1. The molecule has 1 amide bonds. The molecule has 2 N–H and O–H groups in total. The van der Waals surface area contributed by atoms with Crippen LogP contribution < -0.4 is 15.5 Å². The Balaban J connectivity index is 1.07. The van der Waals surface area contributed by atoms with Gasteiger partial charge in [0.2, 0.25) is 5.91 Å². The second-order valence-corrected chi connectivity index (χ2v) is 11.6. The van der Waals surface area contributed by atoms with Crippen molar-refractivity contribution in [3.63, 3.8) is 0 Å². The smallest absolute Gasteiger partial charge is 0.371 e. The zero-order chi connectivity index (χ0) is 29.5. The lowest BCUT2D eigenvalue weighted by Gasteiger charge is -2.34. The Hall–Kier alpha value is -3.60. The zero-order valence-corrected chi connectivity index (χ0v) is 23.7. The van der Waals surface area contributed by atoms with Gasteiger partial charge in [0.1, 0.15) is 5.82 Å². The Morgan fingerprint density at radius 2 is 1.76 bits per heavy atom. The largest absolute Gasteiger partial charge is 0.417 e. The van der Waals surface area contributed by atoms with E-state index in [4.69, 9.17) is 5.26 Å². The van der Waals surface area contributed by atoms with Crippen molar-refractivity contribution in [2.45, 2.75) is 44.7 Å². The van der Waals surface area contributed by atoms with Gasteiger partial charge in [-0.2, -0.15) is 18.4 Å². The monoisotopic (exact) mass is 578 g/mol. The summed E-state index contributed by atoms with van der Waals surface area (Å²) in [5.41, 5.74) is -0.107. The van der Waals surface area contributed by atoms with Gasteiger partial charge in [0, 0.05) is 48.9 Å². The summed E-state index contributed by atoms with van der Waals surface area (Å²) in [6.45, 7) is 6.58. The van der Waals surface area contributed by atoms with Crippen LogP contribution in [-0.2, 0) is 11.0 Å². The van der Waals surface area contributed by atoms with Crippen molar-refractivity contribution in [1.82, 2.24) is 15.2 Å². The number of benzene rings is 1. The molecule has 7 nitrogen and oxygen atoms in total. The molecule has 4 heterocycles. The van der Waals surface area contributed by atoms with Gasteiger partial charge in [-0.3, -0.25) is 4.79 Å². The van der Waals surface area contributed by atoms with Gasteiger partial charge in [0.25, 0.3) is 0 Å². The van der Waals surface area contributed by atoms with Gasteiger partial charge in [-0.1, -0.05) is 11.8 Å². The fourth-order valence-corrected chi connectivity index (χ4v) is 6.11. The first-order valence-electron chi connectivity index (χ1n) is 14.9. The Kier molecular flexibility index (Phi) is 9.66. The van der Waals surface area contributed by atoms with E-state index in [9.17, 15) is 18.0 Å². The third kappa shape index (κ3) is 7.81. The van der Waals surface area contributed by atoms with Gasteiger partial charge in [-0.05, 0) is 101 Å². The normalized spacial score (nSPS) is 19.5. The van der Waals surface area contributed by atoms with Crippen molar-refractivity contribution >= 4 is 17.4 Å². The van der Waals surface area contributed by atoms with Gasteiger partial charge in [0.05, 0.1) is 17.2 Å². The molecular formula is C32H37F3N6O. The third-order valence-electron chi connectivity index (χ3n) is 8.66. The number of amides is 1. The van der Waals surface area contributed by atoms with E-state index in [1.807, 2.05) is 11.0 Å². The fraction of sp³-hybridized carbons (Fsp3) is 0.531. The van der Waals surface area contributed by atoms with Crippen molar-refractivity contribution in [2.24, 2.45) is 17.8 Å².